The van der Waals surface area contributed by atoms with Gasteiger partial charge in [-0.3, -0.25) is 9.10 Å². The molecule has 3 rings (SSSR count). The number of rotatable bonds is 7. The number of nitrogens with one attached hydrogen (secondary N) is 1. The van der Waals surface area contributed by atoms with Crippen molar-refractivity contribution < 1.29 is 26.4 Å². The van der Waals surface area contributed by atoms with Gasteiger partial charge in [0.15, 0.2) is 0 Å². The van der Waals surface area contributed by atoms with Crippen LogP contribution in [0.15, 0.2) is 48.5 Å². The molecule has 2 aromatic rings. The number of carbonyl (C=O) groups is 1. The van der Waals surface area contributed by atoms with Crippen molar-refractivity contribution in [2.24, 2.45) is 5.92 Å². The Bertz CT molecular complexity index is 1010. The highest BCUT2D eigenvalue weighted by molar-refractivity contribution is 7.92. The zero-order chi connectivity index (χ0) is 23.4. The molecule has 1 N–H and O–H groups in total. The third-order valence-electron chi connectivity index (χ3n) is 5.70. The largest absolute Gasteiger partial charge is 0.416 e. The predicted molar refractivity (Wildman–Crippen MR) is 118 cm³/mol. The predicted octanol–water partition coefficient (Wildman–Crippen LogP) is 4.98. The fourth-order valence-corrected chi connectivity index (χ4v) is 4.76. The first-order valence-electron chi connectivity index (χ1n) is 10.6. The van der Waals surface area contributed by atoms with Crippen LogP contribution in [0.3, 0.4) is 0 Å². The van der Waals surface area contributed by atoms with E-state index in [-0.39, 0.29) is 18.1 Å². The second kappa shape index (κ2) is 9.94. The van der Waals surface area contributed by atoms with E-state index in [1.165, 1.54) is 19.3 Å². The lowest BCUT2D eigenvalue weighted by Gasteiger charge is -2.23. The van der Waals surface area contributed by atoms with Crippen LogP contribution in [0.2, 0.25) is 0 Å². The summed E-state index contributed by atoms with van der Waals surface area (Å²) in [5.74, 6) is 0.337. The Kier molecular flexibility index (Phi) is 7.48. The quantitative estimate of drug-likeness (QED) is 0.623. The molecule has 0 unspecified atom stereocenters. The maximum Gasteiger partial charge on any atom is 0.416 e. The molecule has 1 aliphatic carbocycles. The van der Waals surface area contributed by atoms with Gasteiger partial charge in [0, 0.05) is 12.1 Å². The first-order chi connectivity index (χ1) is 15.0. The van der Waals surface area contributed by atoms with E-state index in [1.54, 1.807) is 24.3 Å². The van der Waals surface area contributed by atoms with Gasteiger partial charge in [-0.25, -0.2) is 8.42 Å². The molecule has 0 spiro atoms. The molecule has 2 aromatic carbocycles. The number of hydrogen-bond donors (Lipinski definition) is 1. The van der Waals surface area contributed by atoms with Crippen molar-refractivity contribution in [3.05, 3.63) is 65.2 Å². The lowest BCUT2D eigenvalue weighted by molar-refractivity contribution is -0.137. The average molecular weight is 469 g/mol. The van der Waals surface area contributed by atoms with Crippen molar-refractivity contribution >= 4 is 21.6 Å². The second-order valence-corrected chi connectivity index (χ2v) is 10.1. The Hall–Kier alpha value is -2.55. The Morgan fingerprint density at radius 1 is 1.00 bits per heavy atom. The van der Waals surface area contributed by atoms with Gasteiger partial charge in [0.25, 0.3) is 5.91 Å². The molecule has 32 heavy (non-hydrogen) atoms. The molecule has 1 saturated carbocycles. The van der Waals surface area contributed by atoms with Gasteiger partial charge in [-0.05, 0) is 60.7 Å². The highest BCUT2D eigenvalue weighted by Crippen LogP contribution is 2.31. The van der Waals surface area contributed by atoms with Crippen LogP contribution < -0.4 is 9.62 Å². The van der Waals surface area contributed by atoms with E-state index in [9.17, 15) is 26.4 Å². The molecule has 174 valence electrons. The van der Waals surface area contributed by atoms with E-state index in [0.29, 0.717) is 23.6 Å². The summed E-state index contributed by atoms with van der Waals surface area (Å²) in [7, 11) is -3.74. The average Bonchev–Trinajstić information content (AvgIpc) is 2.75. The molecule has 0 radical (unpaired) electrons. The summed E-state index contributed by atoms with van der Waals surface area (Å²) in [4.78, 5) is 12.4. The van der Waals surface area contributed by atoms with Crippen LogP contribution in [0.4, 0.5) is 18.9 Å². The van der Waals surface area contributed by atoms with Crippen molar-refractivity contribution in [3.8, 4) is 0 Å². The number of sulfonamides is 1. The summed E-state index contributed by atoms with van der Waals surface area (Å²) in [6, 6.07) is 10.5. The van der Waals surface area contributed by atoms with E-state index in [4.69, 9.17) is 0 Å². The van der Waals surface area contributed by atoms with Crippen LogP contribution in [0.1, 0.15) is 53.6 Å². The van der Waals surface area contributed by atoms with Crippen molar-refractivity contribution in [1.82, 2.24) is 5.32 Å². The standard InChI is InChI=1S/C23H27F3N2O3S/c1-32(30,31)28(21-13-11-20(12-14-21)23(24,25)26)16-18-7-9-19(10-8-18)22(29)27-15-17-5-3-2-4-6-17/h7-14,17H,2-6,15-16H2,1H3,(H,27,29). The molecule has 1 aliphatic rings. The van der Waals surface area contributed by atoms with Gasteiger partial charge in [-0.2, -0.15) is 13.2 Å². The highest BCUT2D eigenvalue weighted by atomic mass is 32.2. The Labute approximate surface area is 186 Å². The molecule has 1 amide bonds. The normalized spacial score (nSPS) is 15.4. The lowest BCUT2D eigenvalue weighted by Crippen LogP contribution is -2.30. The fourth-order valence-electron chi connectivity index (χ4n) is 3.87. The Morgan fingerprint density at radius 3 is 2.12 bits per heavy atom. The number of carbonyl (C=O) groups excluding carboxylic acids is 1. The van der Waals surface area contributed by atoms with Crippen LogP contribution in [0.25, 0.3) is 0 Å². The zero-order valence-corrected chi connectivity index (χ0v) is 18.7. The number of nitrogens with zero attached hydrogens (tertiary/aromatic N) is 1. The minimum absolute atomic E-state index is 0.0613. The number of anilines is 1. The number of benzene rings is 2. The van der Waals surface area contributed by atoms with Gasteiger partial charge in [-0.15, -0.1) is 0 Å². The van der Waals surface area contributed by atoms with Crippen LogP contribution in [0.5, 0.6) is 0 Å². The van der Waals surface area contributed by atoms with Gasteiger partial charge in [0.05, 0.1) is 24.1 Å². The number of amides is 1. The molecule has 0 bridgehead atoms. The van der Waals surface area contributed by atoms with Crippen LogP contribution in [-0.2, 0) is 22.7 Å². The van der Waals surface area contributed by atoms with Crippen molar-refractivity contribution in [2.75, 3.05) is 17.1 Å². The van der Waals surface area contributed by atoms with Crippen molar-refractivity contribution in [2.45, 2.75) is 44.8 Å². The van der Waals surface area contributed by atoms with Crippen LogP contribution in [-0.4, -0.2) is 27.1 Å². The summed E-state index contributed by atoms with van der Waals surface area (Å²) in [5.41, 5.74) is 0.372. The maximum absolute atomic E-state index is 12.8. The molecule has 0 atom stereocenters. The molecule has 9 heteroatoms. The third-order valence-corrected chi connectivity index (χ3v) is 6.84. The first-order valence-corrected chi connectivity index (χ1v) is 12.4. The summed E-state index contributed by atoms with van der Waals surface area (Å²) < 4.78 is 64.0. The van der Waals surface area contributed by atoms with E-state index in [2.05, 4.69) is 5.32 Å². The van der Waals surface area contributed by atoms with E-state index in [1.807, 2.05) is 0 Å². The van der Waals surface area contributed by atoms with Crippen molar-refractivity contribution in [3.63, 3.8) is 0 Å². The van der Waals surface area contributed by atoms with E-state index >= 15 is 0 Å². The Balaban J connectivity index is 1.67. The lowest BCUT2D eigenvalue weighted by atomic mass is 9.89. The van der Waals surface area contributed by atoms with Gasteiger partial charge in [-0.1, -0.05) is 31.4 Å². The Morgan fingerprint density at radius 2 is 1.59 bits per heavy atom. The number of halogens is 3. The van der Waals surface area contributed by atoms with E-state index in [0.717, 1.165) is 47.7 Å². The summed E-state index contributed by atoms with van der Waals surface area (Å²) in [5, 5.41) is 2.96. The molecule has 0 saturated heterocycles. The minimum Gasteiger partial charge on any atom is -0.352 e. The smallest absolute Gasteiger partial charge is 0.352 e. The number of alkyl halides is 3. The van der Waals surface area contributed by atoms with Crippen LogP contribution >= 0.6 is 0 Å². The molecule has 0 aromatic heterocycles. The summed E-state index contributed by atoms with van der Waals surface area (Å²) >= 11 is 0. The van der Waals surface area contributed by atoms with Crippen LogP contribution in [0, 0.1) is 5.92 Å². The zero-order valence-electron chi connectivity index (χ0n) is 17.9. The summed E-state index contributed by atoms with van der Waals surface area (Å²) in [6.45, 7) is 0.588. The monoisotopic (exact) mass is 468 g/mol. The van der Waals surface area contributed by atoms with Gasteiger partial charge < -0.3 is 5.32 Å². The highest BCUT2D eigenvalue weighted by Gasteiger charge is 2.30. The second-order valence-electron chi connectivity index (χ2n) is 8.23. The van der Waals surface area contributed by atoms with E-state index < -0.39 is 21.8 Å². The molecular weight excluding hydrogens is 441 g/mol. The molecular formula is C23H27F3N2O3S. The number of hydrogen-bond acceptors (Lipinski definition) is 3. The molecule has 0 aliphatic heterocycles. The summed E-state index contributed by atoms with van der Waals surface area (Å²) in [6.07, 6.45) is 2.41. The third kappa shape index (κ3) is 6.48. The van der Waals surface area contributed by atoms with Gasteiger partial charge in [0.2, 0.25) is 10.0 Å². The van der Waals surface area contributed by atoms with Gasteiger partial charge >= 0.3 is 6.18 Å². The molecule has 5 nitrogen and oxygen atoms in total. The topological polar surface area (TPSA) is 66.5 Å². The maximum atomic E-state index is 12.8. The fraction of sp³-hybridized carbons (Fsp3) is 0.435. The van der Waals surface area contributed by atoms with Crippen molar-refractivity contribution in [1.29, 1.82) is 0 Å². The minimum atomic E-state index is -4.50. The van der Waals surface area contributed by atoms with Gasteiger partial charge in [0.1, 0.15) is 0 Å². The molecule has 1 fully saturated rings. The molecule has 0 heterocycles. The first kappa shape index (κ1) is 24.1. The SMILES string of the molecule is CS(=O)(=O)N(Cc1ccc(C(=O)NCC2CCCCC2)cc1)c1ccc(C(F)(F)F)cc1.